The van der Waals surface area contributed by atoms with Gasteiger partial charge < -0.3 is 10.1 Å². The van der Waals surface area contributed by atoms with Crippen LogP contribution in [0.5, 0.6) is 11.5 Å². The number of rotatable bonds is 6. The zero-order chi connectivity index (χ0) is 14.4. The molecule has 4 heteroatoms. The molecule has 0 bridgehead atoms. The zero-order valence-electron chi connectivity index (χ0n) is 11.3. The Hall–Kier alpha value is -0.780. The SMILES string of the molecule is CCCNCc1ccc(Cl)cc1Oc1ccccc1I. The molecule has 106 valence electrons. The summed E-state index contributed by atoms with van der Waals surface area (Å²) in [5, 5.41) is 4.07. The van der Waals surface area contributed by atoms with E-state index in [9.17, 15) is 0 Å². The van der Waals surface area contributed by atoms with Gasteiger partial charge in [0.05, 0.1) is 3.57 Å². The Morgan fingerprint density at radius 3 is 2.70 bits per heavy atom. The lowest BCUT2D eigenvalue weighted by molar-refractivity contribution is 0.469. The van der Waals surface area contributed by atoms with Gasteiger partial charge in [-0.2, -0.15) is 0 Å². The fraction of sp³-hybridized carbons (Fsp3) is 0.250. The lowest BCUT2D eigenvalue weighted by Crippen LogP contribution is -2.14. The molecule has 0 aliphatic rings. The van der Waals surface area contributed by atoms with E-state index in [0.717, 1.165) is 40.1 Å². The molecule has 0 aliphatic carbocycles. The Morgan fingerprint density at radius 1 is 1.15 bits per heavy atom. The molecule has 0 fully saturated rings. The van der Waals surface area contributed by atoms with Crippen LogP contribution in [0, 0.1) is 3.57 Å². The van der Waals surface area contributed by atoms with Crippen LogP contribution in [-0.2, 0) is 6.54 Å². The van der Waals surface area contributed by atoms with Gasteiger partial charge in [0.2, 0.25) is 0 Å². The van der Waals surface area contributed by atoms with Gasteiger partial charge in [0.25, 0.3) is 0 Å². The number of para-hydroxylation sites is 1. The highest BCUT2D eigenvalue weighted by Gasteiger charge is 2.08. The molecule has 1 N–H and O–H groups in total. The lowest BCUT2D eigenvalue weighted by Gasteiger charge is -2.13. The van der Waals surface area contributed by atoms with E-state index in [1.807, 2.05) is 42.5 Å². The number of hydrogen-bond donors (Lipinski definition) is 1. The molecule has 0 heterocycles. The summed E-state index contributed by atoms with van der Waals surface area (Å²) < 4.78 is 7.10. The third-order valence-corrected chi connectivity index (χ3v) is 3.95. The first-order valence-electron chi connectivity index (χ1n) is 6.62. The summed E-state index contributed by atoms with van der Waals surface area (Å²) in [6, 6.07) is 13.7. The molecular weight excluding hydrogens is 385 g/mol. The van der Waals surface area contributed by atoms with E-state index in [4.69, 9.17) is 16.3 Å². The molecule has 2 rings (SSSR count). The Balaban J connectivity index is 2.21. The molecule has 0 radical (unpaired) electrons. The summed E-state index contributed by atoms with van der Waals surface area (Å²) in [4.78, 5) is 0. The van der Waals surface area contributed by atoms with Crippen molar-refractivity contribution in [3.63, 3.8) is 0 Å². The number of nitrogens with one attached hydrogen (secondary N) is 1. The Morgan fingerprint density at radius 2 is 1.95 bits per heavy atom. The zero-order valence-corrected chi connectivity index (χ0v) is 14.2. The molecule has 0 saturated carbocycles. The number of benzene rings is 2. The minimum Gasteiger partial charge on any atom is -0.456 e. The lowest BCUT2D eigenvalue weighted by atomic mass is 10.2. The molecule has 2 aromatic rings. The highest BCUT2D eigenvalue weighted by molar-refractivity contribution is 14.1. The first kappa shape index (κ1) is 15.6. The third-order valence-electron chi connectivity index (χ3n) is 2.83. The smallest absolute Gasteiger partial charge is 0.140 e. The maximum Gasteiger partial charge on any atom is 0.140 e. The predicted octanol–water partition coefficient (Wildman–Crippen LogP) is 5.24. The summed E-state index contributed by atoms with van der Waals surface area (Å²) in [6.07, 6.45) is 1.11. The van der Waals surface area contributed by atoms with Crippen molar-refractivity contribution in [1.29, 1.82) is 0 Å². The third kappa shape index (κ3) is 4.36. The largest absolute Gasteiger partial charge is 0.456 e. The molecule has 0 atom stereocenters. The minimum atomic E-state index is 0.685. The van der Waals surface area contributed by atoms with E-state index in [1.54, 1.807) is 0 Å². The second-order valence-electron chi connectivity index (χ2n) is 4.46. The van der Waals surface area contributed by atoms with Crippen LogP contribution in [0.3, 0.4) is 0 Å². The molecule has 0 spiro atoms. The Bertz CT molecular complexity index is 574. The topological polar surface area (TPSA) is 21.3 Å². The quantitative estimate of drug-likeness (QED) is 0.528. The van der Waals surface area contributed by atoms with Gasteiger partial charge in [-0.15, -0.1) is 0 Å². The molecule has 2 aromatic carbocycles. The average Bonchev–Trinajstić information content (AvgIpc) is 2.44. The van der Waals surface area contributed by atoms with Gasteiger partial charge in [-0.3, -0.25) is 0 Å². The second kappa shape index (κ2) is 7.86. The summed E-state index contributed by atoms with van der Waals surface area (Å²) >= 11 is 8.35. The van der Waals surface area contributed by atoms with E-state index in [-0.39, 0.29) is 0 Å². The Labute approximate surface area is 138 Å². The number of ether oxygens (including phenoxy) is 1. The van der Waals surface area contributed by atoms with Gasteiger partial charge >= 0.3 is 0 Å². The van der Waals surface area contributed by atoms with E-state index < -0.39 is 0 Å². The van der Waals surface area contributed by atoms with E-state index >= 15 is 0 Å². The standard InChI is InChI=1S/C16H17ClINO/c1-2-9-19-11-12-7-8-13(17)10-16(12)20-15-6-4-3-5-14(15)18/h3-8,10,19H,2,9,11H2,1H3. The average molecular weight is 402 g/mol. The first-order valence-corrected chi connectivity index (χ1v) is 8.08. The monoisotopic (exact) mass is 401 g/mol. The van der Waals surface area contributed by atoms with Crippen LogP contribution in [0.15, 0.2) is 42.5 Å². The van der Waals surface area contributed by atoms with Crippen molar-refractivity contribution >= 4 is 34.2 Å². The summed E-state index contributed by atoms with van der Waals surface area (Å²) in [7, 11) is 0. The normalized spacial score (nSPS) is 10.6. The van der Waals surface area contributed by atoms with Crippen molar-refractivity contribution in [1.82, 2.24) is 5.32 Å². The van der Waals surface area contributed by atoms with Gasteiger partial charge in [0, 0.05) is 17.1 Å². The molecule has 2 nitrogen and oxygen atoms in total. The predicted molar refractivity (Wildman–Crippen MR) is 92.7 cm³/mol. The summed E-state index contributed by atoms with van der Waals surface area (Å²) in [5.41, 5.74) is 1.11. The van der Waals surface area contributed by atoms with Crippen molar-refractivity contribution in [3.8, 4) is 11.5 Å². The van der Waals surface area contributed by atoms with Crippen LogP contribution < -0.4 is 10.1 Å². The highest BCUT2D eigenvalue weighted by Crippen LogP contribution is 2.31. The molecule has 0 aromatic heterocycles. The van der Waals surface area contributed by atoms with Gasteiger partial charge in [-0.1, -0.05) is 36.7 Å². The van der Waals surface area contributed by atoms with Crippen LogP contribution in [0.1, 0.15) is 18.9 Å². The van der Waals surface area contributed by atoms with Crippen LogP contribution in [-0.4, -0.2) is 6.54 Å². The van der Waals surface area contributed by atoms with Crippen LogP contribution in [0.4, 0.5) is 0 Å². The van der Waals surface area contributed by atoms with Crippen molar-refractivity contribution in [2.24, 2.45) is 0 Å². The summed E-state index contributed by atoms with van der Waals surface area (Å²) in [6.45, 7) is 3.92. The van der Waals surface area contributed by atoms with Gasteiger partial charge in [-0.05, 0) is 59.8 Å². The highest BCUT2D eigenvalue weighted by atomic mass is 127. The van der Waals surface area contributed by atoms with Crippen LogP contribution in [0.2, 0.25) is 5.02 Å². The Kier molecular flexibility index (Phi) is 6.13. The van der Waals surface area contributed by atoms with Gasteiger partial charge in [-0.25, -0.2) is 0 Å². The van der Waals surface area contributed by atoms with E-state index in [1.165, 1.54) is 0 Å². The fourth-order valence-electron chi connectivity index (χ4n) is 1.82. The van der Waals surface area contributed by atoms with E-state index in [2.05, 4.69) is 34.8 Å². The minimum absolute atomic E-state index is 0.685. The molecule has 20 heavy (non-hydrogen) atoms. The van der Waals surface area contributed by atoms with Gasteiger partial charge in [0.1, 0.15) is 11.5 Å². The van der Waals surface area contributed by atoms with Crippen molar-refractivity contribution in [2.75, 3.05) is 6.54 Å². The van der Waals surface area contributed by atoms with Crippen LogP contribution in [0.25, 0.3) is 0 Å². The first-order chi connectivity index (χ1) is 9.70. The van der Waals surface area contributed by atoms with Crippen LogP contribution >= 0.6 is 34.2 Å². The molecule has 0 saturated heterocycles. The van der Waals surface area contributed by atoms with Gasteiger partial charge in [0.15, 0.2) is 0 Å². The second-order valence-corrected chi connectivity index (χ2v) is 6.06. The molecular formula is C16H17ClINO. The summed E-state index contributed by atoms with van der Waals surface area (Å²) in [5.74, 6) is 1.66. The van der Waals surface area contributed by atoms with Crippen molar-refractivity contribution in [3.05, 3.63) is 56.6 Å². The number of halogens is 2. The molecule has 0 unspecified atom stereocenters. The molecule has 0 amide bonds. The fourth-order valence-corrected chi connectivity index (χ4v) is 2.47. The maximum atomic E-state index is 6.08. The molecule has 0 aliphatic heterocycles. The van der Waals surface area contributed by atoms with Crippen molar-refractivity contribution < 1.29 is 4.74 Å². The number of hydrogen-bond acceptors (Lipinski definition) is 2. The van der Waals surface area contributed by atoms with E-state index in [0.29, 0.717) is 5.02 Å². The van der Waals surface area contributed by atoms with Crippen molar-refractivity contribution in [2.45, 2.75) is 19.9 Å². The maximum absolute atomic E-state index is 6.08.